The Morgan fingerprint density at radius 3 is 2.60 bits per heavy atom. The molecule has 114 valence electrons. The number of carboxylic acids is 1. The minimum absolute atomic E-state index is 0.174. The molecular weight excluding hydrogens is 262 g/mol. The fourth-order valence-corrected chi connectivity index (χ4v) is 2.83. The van der Waals surface area contributed by atoms with Crippen molar-refractivity contribution in [2.45, 2.75) is 25.0 Å². The highest BCUT2D eigenvalue weighted by Crippen LogP contribution is 2.22. The average molecular weight is 285 g/mol. The van der Waals surface area contributed by atoms with Gasteiger partial charge in [0.2, 0.25) is 0 Å². The molecule has 2 rings (SSSR count). The van der Waals surface area contributed by atoms with E-state index >= 15 is 0 Å². The topological polar surface area (TPSA) is 73.3 Å². The van der Waals surface area contributed by atoms with Gasteiger partial charge in [0.1, 0.15) is 6.04 Å². The zero-order chi connectivity index (χ0) is 14.7. The summed E-state index contributed by atoms with van der Waals surface area (Å²) < 4.78 is 5.22. The van der Waals surface area contributed by atoms with Crippen LogP contribution in [0.15, 0.2) is 0 Å². The van der Waals surface area contributed by atoms with Gasteiger partial charge in [0.15, 0.2) is 0 Å². The van der Waals surface area contributed by atoms with Crippen molar-refractivity contribution in [3.8, 4) is 0 Å². The highest BCUT2D eigenvalue weighted by molar-refractivity contribution is 5.83. The zero-order valence-electron chi connectivity index (χ0n) is 12.1. The first kappa shape index (κ1) is 15.1. The maximum Gasteiger partial charge on any atom is 0.326 e. The second-order valence-electron chi connectivity index (χ2n) is 5.53. The van der Waals surface area contributed by atoms with Gasteiger partial charge in [-0.3, -0.25) is 0 Å². The summed E-state index contributed by atoms with van der Waals surface area (Å²) in [6.07, 6.45) is 1.10. The van der Waals surface area contributed by atoms with E-state index in [4.69, 9.17) is 4.74 Å². The van der Waals surface area contributed by atoms with Gasteiger partial charge in [0.25, 0.3) is 0 Å². The second-order valence-corrected chi connectivity index (χ2v) is 5.53. The number of amides is 2. The minimum atomic E-state index is -0.954. The van der Waals surface area contributed by atoms with Crippen molar-refractivity contribution in [1.29, 1.82) is 0 Å². The first-order valence-electron chi connectivity index (χ1n) is 7.02. The van der Waals surface area contributed by atoms with E-state index in [0.29, 0.717) is 26.1 Å². The van der Waals surface area contributed by atoms with Crippen LogP contribution in [0.5, 0.6) is 0 Å². The first-order chi connectivity index (χ1) is 9.52. The Morgan fingerprint density at radius 2 is 1.95 bits per heavy atom. The number of hydrogen-bond donors (Lipinski definition) is 1. The number of nitrogens with zero attached hydrogens (tertiary/aromatic N) is 3. The Morgan fingerprint density at radius 1 is 1.20 bits per heavy atom. The fourth-order valence-electron chi connectivity index (χ4n) is 2.83. The standard InChI is InChI=1S/C13H23N3O4/c1-14-4-3-5-15(7-6-14)13(19)16-9-10(20-2)8-11(16)12(17)18/h10-11H,3-9H2,1-2H3,(H,17,18). The number of rotatable bonds is 2. The molecule has 2 amide bonds. The highest BCUT2D eigenvalue weighted by Gasteiger charge is 2.41. The number of aliphatic carboxylic acids is 1. The average Bonchev–Trinajstić information content (AvgIpc) is 2.75. The first-order valence-corrected chi connectivity index (χ1v) is 7.02. The Balaban J connectivity index is 2.04. The number of likely N-dealkylation sites (tertiary alicyclic amines) is 1. The van der Waals surface area contributed by atoms with Crippen molar-refractivity contribution in [2.24, 2.45) is 0 Å². The van der Waals surface area contributed by atoms with Gasteiger partial charge >= 0.3 is 12.0 Å². The lowest BCUT2D eigenvalue weighted by molar-refractivity contribution is -0.141. The van der Waals surface area contributed by atoms with E-state index in [9.17, 15) is 14.7 Å². The summed E-state index contributed by atoms with van der Waals surface area (Å²) in [6, 6.07) is -0.944. The monoisotopic (exact) mass is 285 g/mol. The largest absolute Gasteiger partial charge is 0.480 e. The summed E-state index contributed by atoms with van der Waals surface area (Å²) in [6.45, 7) is 3.48. The normalized spacial score (nSPS) is 28.5. The third-order valence-electron chi connectivity index (χ3n) is 4.12. The number of urea groups is 1. The lowest BCUT2D eigenvalue weighted by Gasteiger charge is -2.29. The van der Waals surface area contributed by atoms with Crippen molar-refractivity contribution in [3.05, 3.63) is 0 Å². The molecule has 0 saturated carbocycles. The Kier molecular flexibility index (Phi) is 4.82. The minimum Gasteiger partial charge on any atom is -0.480 e. The van der Waals surface area contributed by atoms with Crippen molar-refractivity contribution in [3.63, 3.8) is 0 Å². The summed E-state index contributed by atoms with van der Waals surface area (Å²) >= 11 is 0. The number of hydrogen-bond acceptors (Lipinski definition) is 4. The molecule has 0 aliphatic carbocycles. The Hall–Kier alpha value is -1.34. The van der Waals surface area contributed by atoms with Crippen LogP contribution in [0.3, 0.4) is 0 Å². The van der Waals surface area contributed by atoms with Crippen LogP contribution in [-0.2, 0) is 9.53 Å². The van der Waals surface area contributed by atoms with Crippen LogP contribution in [0.25, 0.3) is 0 Å². The summed E-state index contributed by atoms with van der Waals surface area (Å²) in [5, 5.41) is 9.27. The maximum absolute atomic E-state index is 12.6. The van der Waals surface area contributed by atoms with Crippen molar-refractivity contribution in [2.75, 3.05) is 46.9 Å². The molecule has 0 aromatic carbocycles. The van der Waals surface area contributed by atoms with Crippen molar-refractivity contribution in [1.82, 2.24) is 14.7 Å². The molecular formula is C13H23N3O4. The van der Waals surface area contributed by atoms with Crippen LogP contribution >= 0.6 is 0 Å². The smallest absolute Gasteiger partial charge is 0.326 e. The lowest BCUT2D eigenvalue weighted by atomic mass is 10.2. The summed E-state index contributed by atoms with van der Waals surface area (Å²) in [5.74, 6) is -0.954. The molecule has 2 aliphatic rings. The molecule has 2 aliphatic heterocycles. The summed E-state index contributed by atoms with van der Waals surface area (Å²) in [7, 11) is 3.59. The second kappa shape index (κ2) is 6.41. The number of ether oxygens (including phenoxy) is 1. The van der Waals surface area contributed by atoms with Crippen LogP contribution in [-0.4, -0.2) is 90.8 Å². The molecule has 0 radical (unpaired) electrons. The molecule has 7 heteroatoms. The van der Waals surface area contributed by atoms with Crippen molar-refractivity contribution < 1.29 is 19.4 Å². The van der Waals surface area contributed by atoms with Crippen molar-refractivity contribution >= 4 is 12.0 Å². The van der Waals surface area contributed by atoms with Gasteiger partial charge in [-0.25, -0.2) is 9.59 Å². The quantitative estimate of drug-likeness (QED) is 0.768. The Labute approximate surface area is 119 Å². The number of likely N-dealkylation sites (N-methyl/N-ethyl adjacent to an activating group) is 1. The predicted octanol–water partition coefficient (Wildman–Crippen LogP) is -0.0822. The van der Waals surface area contributed by atoms with Gasteiger partial charge in [0, 0.05) is 39.7 Å². The number of carboxylic acid groups (broad SMARTS) is 1. The lowest BCUT2D eigenvalue weighted by Crippen LogP contribution is -2.49. The summed E-state index contributed by atoms with van der Waals surface area (Å²) in [4.78, 5) is 29.2. The summed E-state index contributed by atoms with van der Waals surface area (Å²) in [5.41, 5.74) is 0. The van der Waals surface area contributed by atoms with Gasteiger partial charge in [-0.15, -0.1) is 0 Å². The van der Waals surface area contributed by atoms with Gasteiger partial charge in [-0.05, 0) is 20.0 Å². The molecule has 0 bridgehead atoms. The third-order valence-corrected chi connectivity index (χ3v) is 4.12. The van der Waals surface area contributed by atoms with Crippen LogP contribution in [0, 0.1) is 0 Å². The van der Waals surface area contributed by atoms with E-state index < -0.39 is 12.0 Å². The van der Waals surface area contributed by atoms with E-state index in [1.54, 1.807) is 12.0 Å². The van der Waals surface area contributed by atoms with Crippen LogP contribution in [0.4, 0.5) is 4.79 Å². The fraction of sp³-hybridized carbons (Fsp3) is 0.846. The van der Waals surface area contributed by atoms with E-state index in [1.807, 2.05) is 7.05 Å². The van der Waals surface area contributed by atoms with E-state index in [0.717, 1.165) is 19.5 Å². The van der Waals surface area contributed by atoms with Gasteiger partial charge in [-0.1, -0.05) is 0 Å². The molecule has 2 saturated heterocycles. The Bertz CT molecular complexity index is 377. The van der Waals surface area contributed by atoms with Crippen LogP contribution in [0.2, 0.25) is 0 Å². The third kappa shape index (κ3) is 3.21. The number of carbonyl (C=O) groups excluding carboxylic acids is 1. The molecule has 2 unspecified atom stereocenters. The molecule has 1 N–H and O–H groups in total. The molecule has 0 aromatic rings. The molecule has 0 spiro atoms. The molecule has 20 heavy (non-hydrogen) atoms. The molecule has 2 heterocycles. The van der Waals surface area contributed by atoms with E-state index in [1.165, 1.54) is 4.90 Å². The maximum atomic E-state index is 12.6. The predicted molar refractivity (Wildman–Crippen MR) is 72.6 cm³/mol. The molecule has 2 atom stereocenters. The highest BCUT2D eigenvalue weighted by atomic mass is 16.5. The number of methoxy groups -OCH3 is 1. The van der Waals surface area contributed by atoms with E-state index in [-0.39, 0.29) is 12.1 Å². The zero-order valence-corrected chi connectivity index (χ0v) is 12.1. The van der Waals surface area contributed by atoms with E-state index in [2.05, 4.69) is 4.90 Å². The van der Waals surface area contributed by atoms with Gasteiger partial charge < -0.3 is 24.5 Å². The van der Waals surface area contributed by atoms with Crippen LogP contribution < -0.4 is 0 Å². The number of carbonyl (C=O) groups is 2. The van der Waals surface area contributed by atoms with Gasteiger partial charge in [0.05, 0.1) is 6.10 Å². The molecule has 0 aromatic heterocycles. The molecule has 7 nitrogen and oxygen atoms in total. The SMILES string of the molecule is COC1CC(C(=O)O)N(C(=O)N2CCCN(C)CC2)C1. The van der Waals surface area contributed by atoms with Gasteiger partial charge in [-0.2, -0.15) is 0 Å². The molecule has 2 fully saturated rings. The van der Waals surface area contributed by atoms with Crippen LogP contribution in [0.1, 0.15) is 12.8 Å².